The number of nitrogens with zero attached hydrogens (tertiary/aromatic N) is 1. The molecule has 0 amide bonds. The Labute approximate surface area is 310 Å². The molecule has 0 aromatic rings. The van der Waals surface area contributed by atoms with Crippen molar-refractivity contribution in [3.05, 3.63) is 0 Å². The van der Waals surface area contributed by atoms with Crippen molar-refractivity contribution in [1.29, 1.82) is 0 Å². The Kier molecular flexibility index (Phi) is 22.0. The summed E-state index contributed by atoms with van der Waals surface area (Å²) < 4.78 is 20.2. The summed E-state index contributed by atoms with van der Waals surface area (Å²) >= 11 is 0. The summed E-state index contributed by atoms with van der Waals surface area (Å²) in [7, 11) is 0. The highest BCUT2D eigenvalue weighted by atomic mass is 16.5. The number of hydrogen-bond acceptors (Lipinski definition) is 7. The van der Waals surface area contributed by atoms with Gasteiger partial charge in [0.2, 0.25) is 0 Å². The van der Waals surface area contributed by atoms with Gasteiger partial charge in [-0.25, -0.2) is 0 Å². The first-order valence-corrected chi connectivity index (χ1v) is 22.0. The Bertz CT molecular complexity index is 839. The highest BCUT2D eigenvalue weighted by molar-refractivity contribution is 5.07. The minimum absolute atomic E-state index is 0.181. The van der Waals surface area contributed by atoms with Gasteiger partial charge < -0.3 is 36.3 Å². The second-order valence-electron chi connectivity index (χ2n) is 17.2. The maximum absolute atomic E-state index is 6.96. The number of fused-ring (bicyclic) bond motifs is 1. The molecule has 296 valence electrons. The fourth-order valence-corrected chi connectivity index (χ4v) is 10.7. The van der Waals surface area contributed by atoms with Crippen molar-refractivity contribution in [2.45, 2.75) is 175 Å². The van der Waals surface area contributed by atoms with Crippen LogP contribution >= 0.6 is 0 Å². The zero-order chi connectivity index (χ0) is 36.2. The summed E-state index contributed by atoms with van der Waals surface area (Å²) in [6.07, 6.45) is 24.3. The fourth-order valence-electron chi connectivity index (χ4n) is 10.7. The summed E-state index contributed by atoms with van der Waals surface area (Å²) in [5.41, 5.74) is 17.9. The van der Waals surface area contributed by atoms with Gasteiger partial charge in [0.1, 0.15) is 0 Å². The minimum Gasteiger partial charge on any atom is -0.378 e. The fraction of sp³-hybridized carbons (Fsp3) is 1.00. The highest BCUT2D eigenvalue weighted by Crippen LogP contribution is 2.62. The molecule has 7 heteroatoms. The summed E-state index contributed by atoms with van der Waals surface area (Å²) in [5, 5.41) is 0. The first kappa shape index (κ1) is 44.1. The van der Waals surface area contributed by atoms with Gasteiger partial charge in [0, 0.05) is 19.8 Å². The zero-order valence-electron chi connectivity index (χ0n) is 33.9. The third kappa shape index (κ3) is 13.5. The number of nitrogens with two attached hydrogens (primary N) is 3. The van der Waals surface area contributed by atoms with Crippen LogP contribution in [0.1, 0.15) is 157 Å². The van der Waals surface area contributed by atoms with Gasteiger partial charge in [-0.15, -0.1) is 0 Å². The Morgan fingerprint density at radius 1 is 0.720 bits per heavy atom. The van der Waals surface area contributed by atoms with Gasteiger partial charge >= 0.3 is 0 Å². The van der Waals surface area contributed by atoms with E-state index in [1.807, 2.05) is 0 Å². The molecule has 3 saturated carbocycles. The third-order valence-corrected chi connectivity index (χ3v) is 13.7. The van der Waals surface area contributed by atoms with Crippen LogP contribution in [-0.4, -0.2) is 82.3 Å². The predicted octanol–water partition coefficient (Wildman–Crippen LogP) is 8.56. The lowest BCUT2D eigenvalue weighted by Crippen LogP contribution is -2.53. The molecule has 10 atom stereocenters. The van der Waals surface area contributed by atoms with Crippen LogP contribution < -0.4 is 17.2 Å². The van der Waals surface area contributed by atoms with E-state index < -0.39 is 0 Å². The number of hydrogen-bond donors (Lipinski definition) is 3. The SMILES string of the molecule is CCCCCN(CCCCC)CCCC(C)C1CCC2C(C(CC3CC(OCCCN)CCC3C)OCCCN)CCC(OCCCN)C12C. The van der Waals surface area contributed by atoms with E-state index in [0.29, 0.717) is 73.5 Å². The first-order chi connectivity index (χ1) is 24.3. The molecule has 3 rings (SSSR count). The van der Waals surface area contributed by atoms with Crippen molar-refractivity contribution in [1.82, 2.24) is 4.90 Å². The van der Waals surface area contributed by atoms with E-state index in [1.165, 1.54) is 103 Å². The van der Waals surface area contributed by atoms with Crippen LogP contribution in [0.3, 0.4) is 0 Å². The second kappa shape index (κ2) is 24.9. The van der Waals surface area contributed by atoms with Gasteiger partial charge in [-0.05, 0) is 177 Å². The molecule has 3 aliphatic carbocycles. The molecule has 10 unspecified atom stereocenters. The summed E-state index contributed by atoms with van der Waals surface area (Å²) in [5.74, 6) is 4.00. The molecule has 6 N–H and O–H groups in total. The molecule has 0 aromatic heterocycles. The van der Waals surface area contributed by atoms with Crippen LogP contribution in [-0.2, 0) is 14.2 Å². The van der Waals surface area contributed by atoms with E-state index in [0.717, 1.165) is 58.3 Å². The second-order valence-corrected chi connectivity index (χ2v) is 17.2. The summed E-state index contributed by atoms with van der Waals surface area (Å²) in [4.78, 5) is 2.79. The normalized spacial score (nSPS) is 31.3. The largest absolute Gasteiger partial charge is 0.378 e. The average molecular weight is 707 g/mol. The van der Waals surface area contributed by atoms with E-state index in [9.17, 15) is 0 Å². The van der Waals surface area contributed by atoms with Crippen LogP contribution in [0.15, 0.2) is 0 Å². The van der Waals surface area contributed by atoms with Crippen LogP contribution in [0.2, 0.25) is 0 Å². The Hall–Kier alpha value is -0.280. The summed E-state index contributed by atoms with van der Waals surface area (Å²) in [6, 6.07) is 0. The van der Waals surface area contributed by atoms with Crippen LogP contribution in [0.4, 0.5) is 0 Å². The average Bonchev–Trinajstić information content (AvgIpc) is 3.47. The van der Waals surface area contributed by atoms with E-state index in [2.05, 4.69) is 39.5 Å². The number of ether oxygens (including phenoxy) is 3. The number of rotatable bonds is 28. The van der Waals surface area contributed by atoms with Crippen molar-refractivity contribution in [3.63, 3.8) is 0 Å². The van der Waals surface area contributed by atoms with Gasteiger partial charge in [0.15, 0.2) is 0 Å². The topological polar surface area (TPSA) is 109 Å². The van der Waals surface area contributed by atoms with Gasteiger partial charge in [0.25, 0.3) is 0 Å². The lowest BCUT2D eigenvalue weighted by Gasteiger charge is -2.53. The van der Waals surface area contributed by atoms with Crippen molar-refractivity contribution in [3.8, 4) is 0 Å². The van der Waals surface area contributed by atoms with Gasteiger partial charge in [-0.2, -0.15) is 0 Å². The van der Waals surface area contributed by atoms with Gasteiger partial charge in [-0.1, -0.05) is 60.3 Å². The lowest BCUT2D eigenvalue weighted by molar-refractivity contribution is -0.150. The molecule has 0 bridgehead atoms. The monoisotopic (exact) mass is 707 g/mol. The van der Waals surface area contributed by atoms with Crippen LogP contribution in [0.25, 0.3) is 0 Å². The van der Waals surface area contributed by atoms with E-state index in [1.54, 1.807) is 0 Å². The lowest BCUT2D eigenvalue weighted by atomic mass is 9.56. The Morgan fingerprint density at radius 2 is 1.36 bits per heavy atom. The van der Waals surface area contributed by atoms with Gasteiger partial charge in [0.05, 0.1) is 18.3 Å². The number of unbranched alkanes of at least 4 members (excludes halogenated alkanes) is 4. The molecule has 0 heterocycles. The molecule has 7 nitrogen and oxygen atoms in total. The molecular formula is C43H86N4O3. The predicted molar refractivity (Wildman–Crippen MR) is 212 cm³/mol. The zero-order valence-corrected chi connectivity index (χ0v) is 33.9. The molecule has 0 saturated heterocycles. The maximum Gasteiger partial charge on any atom is 0.0634 e. The van der Waals surface area contributed by atoms with Crippen molar-refractivity contribution >= 4 is 0 Å². The minimum atomic E-state index is 0.181. The molecule has 0 aromatic carbocycles. The Balaban J connectivity index is 1.75. The molecule has 3 aliphatic rings. The Morgan fingerprint density at radius 3 is 2.02 bits per heavy atom. The van der Waals surface area contributed by atoms with Crippen molar-refractivity contribution < 1.29 is 14.2 Å². The standard InChI is InChI=1S/C43H86N4O3/c1-6-8-10-26-47(27-11-9-7-2)28-12-16-35(4)39-20-21-40-38(19-22-42(43(39,40)5)50-31-15-25-46)41(49-30-14-24-45)33-36-32-37(18-17-34(36)3)48-29-13-23-44/h34-42H,6-33,44-46H2,1-5H3. The van der Waals surface area contributed by atoms with Crippen LogP contribution in [0.5, 0.6) is 0 Å². The molecule has 0 aliphatic heterocycles. The molecule has 0 spiro atoms. The van der Waals surface area contributed by atoms with Crippen molar-refractivity contribution in [2.75, 3.05) is 59.1 Å². The molecule has 0 radical (unpaired) electrons. The molecular weight excluding hydrogens is 620 g/mol. The molecule has 3 fully saturated rings. The van der Waals surface area contributed by atoms with E-state index in [4.69, 9.17) is 31.4 Å². The smallest absolute Gasteiger partial charge is 0.0634 e. The molecule has 50 heavy (non-hydrogen) atoms. The first-order valence-electron chi connectivity index (χ1n) is 22.0. The van der Waals surface area contributed by atoms with Crippen LogP contribution in [0, 0.1) is 40.9 Å². The van der Waals surface area contributed by atoms with E-state index >= 15 is 0 Å². The summed E-state index contributed by atoms with van der Waals surface area (Å²) in [6.45, 7) is 20.6. The quantitative estimate of drug-likeness (QED) is 0.0700. The van der Waals surface area contributed by atoms with Gasteiger partial charge in [-0.3, -0.25) is 0 Å². The third-order valence-electron chi connectivity index (χ3n) is 13.7. The highest BCUT2D eigenvalue weighted by Gasteiger charge is 2.59. The maximum atomic E-state index is 6.96. The van der Waals surface area contributed by atoms with Crippen molar-refractivity contribution in [2.24, 2.45) is 58.1 Å². The van der Waals surface area contributed by atoms with E-state index in [-0.39, 0.29) is 5.41 Å².